The molecule has 3 rings (SSSR count). The third kappa shape index (κ3) is 2.57. The molecule has 1 aliphatic rings. The molecule has 1 amide bonds. The number of nitrogens with zero attached hydrogens (tertiary/aromatic N) is 4. The number of tetrazole rings is 1. The second kappa shape index (κ2) is 5.42. The fourth-order valence-corrected chi connectivity index (χ4v) is 2.08. The average molecular weight is 281 g/mol. The summed E-state index contributed by atoms with van der Waals surface area (Å²) in [5.74, 6) is 0.128. The topological polar surface area (TPSA) is 119 Å². The Morgan fingerprint density at radius 1 is 1.48 bits per heavy atom. The van der Waals surface area contributed by atoms with Crippen LogP contribution in [0, 0.1) is 11.3 Å². The first-order chi connectivity index (χ1) is 10.3. The van der Waals surface area contributed by atoms with Gasteiger partial charge >= 0.3 is 0 Å². The molecule has 0 saturated carbocycles. The molecule has 0 atom stereocenters. The molecule has 0 unspecified atom stereocenters. The van der Waals surface area contributed by atoms with Crippen LogP contribution in [0.5, 0.6) is 0 Å². The molecular formula is C13H11N7O. The fourth-order valence-electron chi connectivity index (χ4n) is 2.08. The third-order valence-electron chi connectivity index (χ3n) is 3.12. The summed E-state index contributed by atoms with van der Waals surface area (Å²) >= 11 is 0. The van der Waals surface area contributed by atoms with Crippen molar-refractivity contribution in [3.05, 3.63) is 41.4 Å². The highest BCUT2D eigenvalue weighted by Gasteiger charge is 2.16. The van der Waals surface area contributed by atoms with E-state index in [0.717, 1.165) is 12.0 Å². The van der Waals surface area contributed by atoms with Crippen molar-refractivity contribution >= 4 is 17.2 Å². The zero-order valence-electron chi connectivity index (χ0n) is 10.9. The number of hydrogen-bond donors (Lipinski definition) is 3. The lowest BCUT2D eigenvalue weighted by atomic mass is 10.00. The van der Waals surface area contributed by atoms with Gasteiger partial charge < -0.3 is 10.6 Å². The molecule has 0 spiro atoms. The Hall–Kier alpha value is -3.21. The minimum absolute atomic E-state index is 0.0810. The number of fused-ring (bicyclic) bond motifs is 1. The smallest absolute Gasteiger partial charge is 0.251 e. The van der Waals surface area contributed by atoms with Crippen LogP contribution in [0.1, 0.15) is 21.7 Å². The predicted octanol–water partition coefficient (Wildman–Crippen LogP) is 0.462. The van der Waals surface area contributed by atoms with Gasteiger partial charge in [-0.2, -0.15) is 10.5 Å². The summed E-state index contributed by atoms with van der Waals surface area (Å²) in [5, 5.41) is 28.0. The van der Waals surface area contributed by atoms with Gasteiger partial charge in [0.2, 0.25) is 5.82 Å². The van der Waals surface area contributed by atoms with Crippen LogP contribution in [0.15, 0.2) is 24.4 Å². The Bertz CT molecular complexity index is 742. The zero-order valence-corrected chi connectivity index (χ0v) is 10.9. The van der Waals surface area contributed by atoms with Gasteiger partial charge in [0.25, 0.3) is 5.91 Å². The van der Waals surface area contributed by atoms with Crippen LogP contribution in [-0.4, -0.2) is 33.1 Å². The molecule has 21 heavy (non-hydrogen) atoms. The van der Waals surface area contributed by atoms with Crippen LogP contribution in [0.3, 0.4) is 0 Å². The maximum absolute atomic E-state index is 11.8. The number of carbonyl (C=O) groups is 1. The van der Waals surface area contributed by atoms with Crippen molar-refractivity contribution in [2.45, 2.75) is 6.42 Å². The molecule has 104 valence electrons. The third-order valence-corrected chi connectivity index (χ3v) is 3.12. The Kier molecular flexibility index (Phi) is 3.31. The molecular weight excluding hydrogens is 270 g/mol. The van der Waals surface area contributed by atoms with E-state index in [1.165, 1.54) is 6.20 Å². The number of aromatic amines is 1. The number of anilines is 1. The van der Waals surface area contributed by atoms with E-state index in [1.807, 2.05) is 18.2 Å². The molecule has 0 saturated heterocycles. The summed E-state index contributed by atoms with van der Waals surface area (Å²) in [6.45, 7) is 0.662. The van der Waals surface area contributed by atoms with Crippen LogP contribution in [0.2, 0.25) is 0 Å². The standard InChI is InChI=1S/C13H11N7O/c14-6-9(12-17-19-20-18-12)7-16-10-2-1-8-3-4-15-13(21)11(8)5-10/h1-2,5,7,16H,3-4H2,(H,15,21)(H,17,18,19,20). The number of benzene rings is 1. The quantitative estimate of drug-likeness (QED) is 0.703. The lowest BCUT2D eigenvalue weighted by Crippen LogP contribution is -2.31. The Morgan fingerprint density at radius 2 is 2.38 bits per heavy atom. The van der Waals surface area contributed by atoms with Gasteiger partial charge in [-0.3, -0.25) is 4.79 Å². The Morgan fingerprint density at radius 3 is 3.14 bits per heavy atom. The van der Waals surface area contributed by atoms with E-state index in [0.29, 0.717) is 17.8 Å². The number of rotatable bonds is 3. The van der Waals surface area contributed by atoms with Crippen LogP contribution < -0.4 is 10.6 Å². The lowest BCUT2D eigenvalue weighted by Gasteiger charge is -2.17. The van der Waals surface area contributed by atoms with Gasteiger partial charge in [-0.15, -0.1) is 10.2 Å². The second-order valence-corrected chi connectivity index (χ2v) is 4.43. The summed E-state index contributed by atoms with van der Waals surface area (Å²) in [4.78, 5) is 11.8. The number of hydrogen-bond acceptors (Lipinski definition) is 6. The molecule has 2 aromatic rings. The highest BCUT2D eigenvalue weighted by atomic mass is 16.1. The molecule has 3 N–H and O–H groups in total. The van der Waals surface area contributed by atoms with E-state index < -0.39 is 0 Å². The normalized spacial score (nSPS) is 14.0. The molecule has 0 aliphatic carbocycles. The Labute approximate surface area is 119 Å². The van der Waals surface area contributed by atoms with E-state index in [-0.39, 0.29) is 17.3 Å². The molecule has 1 aromatic carbocycles. The summed E-state index contributed by atoms with van der Waals surface area (Å²) in [5.41, 5.74) is 2.62. The van der Waals surface area contributed by atoms with Crippen LogP contribution in [0.4, 0.5) is 5.69 Å². The van der Waals surface area contributed by atoms with Gasteiger partial charge in [-0.05, 0) is 29.3 Å². The molecule has 0 radical (unpaired) electrons. The van der Waals surface area contributed by atoms with E-state index in [9.17, 15) is 4.79 Å². The van der Waals surface area contributed by atoms with Crippen molar-refractivity contribution in [1.82, 2.24) is 25.9 Å². The summed E-state index contributed by atoms with van der Waals surface area (Å²) < 4.78 is 0. The first-order valence-electron chi connectivity index (χ1n) is 6.29. The van der Waals surface area contributed by atoms with Gasteiger partial charge in [0.05, 0.1) is 0 Å². The van der Waals surface area contributed by atoms with Crippen molar-refractivity contribution in [2.24, 2.45) is 0 Å². The molecule has 8 nitrogen and oxygen atoms in total. The van der Waals surface area contributed by atoms with Crippen molar-refractivity contribution in [3.8, 4) is 6.07 Å². The van der Waals surface area contributed by atoms with Crippen molar-refractivity contribution in [2.75, 3.05) is 11.9 Å². The molecule has 1 aliphatic heterocycles. The van der Waals surface area contributed by atoms with Gasteiger partial charge in [0.1, 0.15) is 11.6 Å². The lowest BCUT2D eigenvalue weighted by molar-refractivity contribution is 0.0946. The number of aromatic nitrogens is 4. The minimum Gasteiger partial charge on any atom is -0.360 e. The van der Waals surface area contributed by atoms with Crippen molar-refractivity contribution in [1.29, 1.82) is 5.26 Å². The number of carbonyl (C=O) groups excluding carboxylic acids is 1. The number of H-pyrrole nitrogens is 1. The molecule has 0 fully saturated rings. The molecule has 1 aromatic heterocycles. The summed E-state index contributed by atoms with van der Waals surface area (Å²) in [6.07, 6.45) is 2.30. The molecule has 2 heterocycles. The van der Waals surface area contributed by atoms with Crippen molar-refractivity contribution in [3.63, 3.8) is 0 Å². The highest BCUT2D eigenvalue weighted by Crippen LogP contribution is 2.19. The summed E-state index contributed by atoms with van der Waals surface area (Å²) in [6, 6.07) is 7.50. The van der Waals surface area contributed by atoms with Crippen molar-refractivity contribution < 1.29 is 4.79 Å². The predicted molar refractivity (Wildman–Crippen MR) is 73.9 cm³/mol. The number of allylic oxidation sites excluding steroid dienone is 1. The van der Waals surface area contributed by atoms with Gasteiger partial charge in [0.15, 0.2) is 0 Å². The van der Waals surface area contributed by atoms with Crippen LogP contribution >= 0.6 is 0 Å². The highest BCUT2D eigenvalue weighted by molar-refractivity contribution is 5.97. The van der Waals surface area contributed by atoms with E-state index in [2.05, 4.69) is 31.3 Å². The van der Waals surface area contributed by atoms with E-state index >= 15 is 0 Å². The fraction of sp³-hybridized carbons (Fsp3) is 0.154. The minimum atomic E-state index is -0.0810. The maximum atomic E-state index is 11.8. The first kappa shape index (κ1) is 12.8. The van der Waals surface area contributed by atoms with Gasteiger partial charge in [0, 0.05) is 24.0 Å². The zero-order chi connectivity index (χ0) is 14.7. The van der Waals surface area contributed by atoms with Gasteiger partial charge in [-0.1, -0.05) is 6.07 Å². The largest absolute Gasteiger partial charge is 0.360 e. The average Bonchev–Trinajstić information content (AvgIpc) is 3.03. The molecule has 8 heteroatoms. The SMILES string of the molecule is N#CC(=CNc1ccc2c(c1)C(=O)NCC2)c1nn[nH]n1. The second-order valence-electron chi connectivity index (χ2n) is 4.43. The van der Waals surface area contributed by atoms with E-state index in [1.54, 1.807) is 6.07 Å². The number of nitrogens with one attached hydrogen (secondary N) is 3. The van der Waals surface area contributed by atoms with Gasteiger partial charge in [-0.25, -0.2) is 0 Å². The number of nitriles is 1. The van der Waals surface area contributed by atoms with Crippen LogP contribution in [0.25, 0.3) is 5.57 Å². The molecule has 0 bridgehead atoms. The van der Waals surface area contributed by atoms with Crippen LogP contribution in [-0.2, 0) is 6.42 Å². The Balaban J connectivity index is 1.84. The maximum Gasteiger partial charge on any atom is 0.251 e. The monoisotopic (exact) mass is 281 g/mol. The summed E-state index contributed by atoms with van der Waals surface area (Å²) in [7, 11) is 0. The van der Waals surface area contributed by atoms with E-state index in [4.69, 9.17) is 5.26 Å². The first-order valence-corrected chi connectivity index (χ1v) is 6.29. The number of amides is 1.